The van der Waals surface area contributed by atoms with E-state index in [-0.39, 0.29) is 17.5 Å². The molecule has 126 valence electrons. The van der Waals surface area contributed by atoms with Crippen molar-refractivity contribution < 1.29 is 14.1 Å². The van der Waals surface area contributed by atoms with E-state index in [2.05, 4.69) is 10.5 Å². The van der Waals surface area contributed by atoms with Crippen molar-refractivity contribution in [3.63, 3.8) is 0 Å². The third-order valence-electron chi connectivity index (χ3n) is 4.14. The van der Waals surface area contributed by atoms with Crippen molar-refractivity contribution in [3.8, 4) is 11.3 Å². The molecule has 1 aliphatic heterocycles. The molecule has 0 atom stereocenters. The number of hydrogen-bond acceptors (Lipinski definition) is 4. The number of carbonyl (C=O) groups is 2. The Morgan fingerprint density at radius 1 is 1.21 bits per heavy atom. The van der Waals surface area contributed by atoms with E-state index in [0.717, 1.165) is 31.4 Å². The molecule has 0 spiro atoms. The summed E-state index contributed by atoms with van der Waals surface area (Å²) in [7, 11) is 0. The van der Waals surface area contributed by atoms with E-state index in [1.807, 2.05) is 35.2 Å². The van der Waals surface area contributed by atoms with E-state index >= 15 is 0 Å². The minimum absolute atomic E-state index is 0.176. The minimum atomic E-state index is -0.289. The normalized spacial score (nSPS) is 15.2. The number of amides is 2. The van der Waals surface area contributed by atoms with Gasteiger partial charge in [0.1, 0.15) is 0 Å². The Labute approximate surface area is 140 Å². The molecule has 3 rings (SSSR count). The summed E-state index contributed by atoms with van der Waals surface area (Å²) < 4.78 is 5.23. The van der Waals surface area contributed by atoms with Gasteiger partial charge in [-0.05, 0) is 12.8 Å². The standard InChI is InChI=1S/C18H21N3O3/c22-17-9-5-2-6-11-21(17)12-10-19-18(23)15-13-16(24-20-15)14-7-3-1-4-8-14/h1,3-4,7-8,13H,2,5-6,9-12H2,(H,19,23). The SMILES string of the molecule is O=C(NCCN1CCCCCC1=O)c1cc(-c2ccccc2)on1. The summed E-state index contributed by atoms with van der Waals surface area (Å²) in [5.74, 6) is 0.446. The van der Waals surface area contributed by atoms with Gasteiger partial charge in [-0.3, -0.25) is 9.59 Å². The predicted molar refractivity (Wildman–Crippen MR) is 89.3 cm³/mol. The van der Waals surface area contributed by atoms with Crippen molar-refractivity contribution in [2.24, 2.45) is 0 Å². The lowest BCUT2D eigenvalue weighted by Crippen LogP contribution is -2.38. The van der Waals surface area contributed by atoms with Crippen molar-refractivity contribution >= 4 is 11.8 Å². The van der Waals surface area contributed by atoms with Crippen molar-refractivity contribution in [2.45, 2.75) is 25.7 Å². The third kappa shape index (κ3) is 4.01. The molecule has 1 N–H and O–H groups in total. The fourth-order valence-corrected chi connectivity index (χ4v) is 2.79. The molecule has 0 unspecified atom stereocenters. The van der Waals surface area contributed by atoms with Crippen LogP contribution in [0.25, 0.3) is 11.3 Å². The van der Waals surface area contributed by atoms with Crippen LogP contribution in [0.1, 0.15) is 36.2 Å². The van der Waals surface area contributed by atoms with Gasteiger partial charge < -0.3 is 14.7 Å². The first kappa shape index (κ1) is 16.2. The second-order valence-electron chi connectivity index (χ2n) is 5.89. The van der Waals surface area contributed by atoms with E-state index in [9.17, 15) is 9.59 Å². The van der Waals surface area contributed by atoms with Gasteiger partial charge in [-0.2, -0.15) is 0 Å². The van der Waals surface area contributed by atoms with E-state index in [1.165, 1.54) is 0 Å². The first-order chi connectivity index (χ1) is 11.7. The van der Waals surface area contributed by atoms with E-state index in [0.29, 0.717) is 25.3 Å². The molecule has 2 heterocycles. The Morgan fingerprint density at radius 3 is 2.88 bits per heavy atom. The highest BCUT2D eigenvalue weighted by atomic mass is 16.5. The van der Waals surface area contributed by atoms with E-state index < -0.39 is 0 Å². The number of rotatable bonds is 5. The molecule has 0 aliphatic carbocycles. The average Bonchev–Trinajstić information content (AvgIpc) is 3.02. The summed E-state index contributed by atoms with van der Waals surface area (Å²) >= 11 is 0. The number of likely N-dealkylation sites (tertiary alicyclic amines) is 1. The number of hydrogen-bond donors (Lipinski definition) is 1. The Kier molecular flexibility index (Phi) is 5.25. The molecule has 6 nitrogen and oxygen atoms in total. The van der Waals surface area contributed by atoms with Crippen molar-refractivity contribution in [1.82, 2.24) is 15.4 Å². The molecular weight excluding hydrogens is 306 g/mol. The van der Waals surface area contributed by atoms with Gasteiger partial charge in [0.05, 0.1) is 0 Å². The maximum atomic E-state index is 12.1. The summed E-state index contributed by atoms with van der Waals surface area (Å²) in [4.78, 5) is 25.9. The smallest absolute Gasteiger partial charge is 0.273 e. The fourth-order valence-electron chi connectivity index (χ4n) is 2.79. The minimum Gasteiger partial charge on any atom is -0.355 e. The zero-order chi connectivity index (χ0) is 16.8. The zero-order valence-electron chi connectivity index (χ0n) is 13.5. The van der Waals surface area contributed by atoms with Crippen LogP contribution in [-0.2, 0) is 4.79 Å². The van der Waals surface area contributed by atoms with Crippen molar-refractivity contribution in [2.75, 3.05) is 19.6 Å². The quantitative estimate of drug-likeness (QED) is 0.915. The topological polar surface area (TPSA) is 75.4 Å². The second kappa shape index (κ2) is 7.77. The lowest BCUT2D eigenvalue weighted by atomic mass is 10.1. The van der Waals surface area contributed by atoms with Gasteiger partial charge in [0.2, 0.25) is 5.91 Å². The fraction of sp³-hybridized carbons (Fsp3) is 0.389. The van der Waals surface area contributed by atoms with Gasteiger partial charge >= 0.3 is 0 Å². The van der Waals surface area contributed by atoms with Gasteiger partial charge in [-0.15, -0.1) is 0 Å². The number of nitrogens with one attached hydrogen (secondary N) is 1. The summed E-state index contributed by atoms with van der Waals surface area (Å²) in [6, 6.07) is 11.1. The van der Waals surface area contributed by atoms with Crippen LogP contribution >= 0.6 is 0 Å². The maximum Gasteiger partial charge on any atom is 0.273 e. The Hall–Kier alpha value is -2.63. The first-order valence-electron chi connectivity index (χ1n) is 8.32. The van der Waals surface area contributed by atoms with E-state index in [4.69, 9.17) is 4.52 Å². The van der Waals surface area contributed by atoms with Gasteiger partial charge in [0.15, 0.2) is 11.5 Å². The number of carbonyl (C=O) groups excluding carboxylic acids is 2. The van der Waals surface area contributed by atoms with Crippen LogP contribution in [0.4, 0.5) is 0 Å². The molecule has 6 heteroatoms. The summed E-state index contributed by atoms with van der Waals surface area (Å²) in [5, 5.41) is 6.62. The van der Waals surface area contributed by atoms with Crippen LogP contribution in [0.15, 0.2) is 40.9 Å². The predicted octanol–water partition coefficient (Wildman–Crippen LogP) is 2.47. The average molecular weight is 327 g/mol. The third-order valence-corrected chi connectivity index (χ3v) is 4.14. The zero-order valence-corrected chi connectivity index (χ0v) is 13.5. The Balaban J connectivity index is 1.52. The van der Waals surface area contributed by atoms with Crippen LogP contribution in [0.3, 0.4) is 0 Å². The Bertz CT molecular complexity index is 697. The van der Waals surface area contributed by atoms with Gasteiger partial charge in [0.25, 0.3) is 5.91 Å². The molecule has 0 radical (unpaired) electrons. The molecule has 24 heavy (non-hydrogen) atoms. The molecule has 2 aromatic rings. The van der Waals surface area contributed by atoms with Gasteiger partial charge in [-0.25, -0.2) is 0 Å². The van der Waals surface area contributed by atoms with Gasteiger partial charge in [0, 0.05) is 37.7 Å². The molecule has 0 bridgehead atoms. The van der Waals surface area contributed by atoms with Crippen LogP contribution in [0.5, 0.6) is 0 Å². The summed E-state index contributed by atoms with van der Waals surface area (Å²) in [6.45, 7) is 1.73. The van der Waals surface area contributed by atoms with E-state index in [1.54, 1.807) is 6.07 Å². The number of benzene rings is 1. The van der Waals surface area contributed by atoms with Crippen molar-refractivity contribution in [3.05, 3.63) is 42.1 Å². The number of nitrogens with zero attached hydrogens (tertiary/aromatic N) is 2. The highest BCUT2D eigenvalue weighted by molar-refractivity contribution is 5.93. The highest BCUT2D eigenvalue weighted by Gasteiger charge is 2.17. The highest BCUT2D eigenvalue weighted by Crippen LogP contribution is 2.19. The second-order valence-corrected chi connectivity index (χ2v) is 5.89. The molecule has 1 aromatic heterocycles. The summed E-state index contributed by atoms with van der Waals surface area (Å²) in [5.41, 5.74) is 1.12. The molecule has 1 fully saturated rings. The van der Waals surface area contributed by atoms with Gasteiger partial charge in [-0.1, -0.05) is 41.9 Å². The van der Waals surface area contributed by atoms with Crippen molar-refractivity contribution in [1.29, 1.82) is 0 Å². The largest absolute Gasteiger partial charge is 0.355 e. The van der Waals surface area contributed by atoms with Crippen LogP contribution < -0.4 is 5.32 Å². The molecule has 1 saturated heterocycles. The summed E-state index contributed by atoms with van der Waals surface area (Å²) in [6.07, 6.45) is 3.69. The van der Waals surface area contributed by atoms with Crippen LogP contribution in [0.2, 0.25) is 0 Å². The van der Waals surface area contributed by atoms with Crippen LogP contribution in [0, 0.1) is 0 Å². The molecule has 2 amide bonds. The van der Waals surface area contributed by atoms with Crippen LogP contribution in [-0.4, -0.2) is 41.5 Å². The molecule has 0 saturated carbocycles. The number of aromatic nitrogens is 1. The lowest BCUT2D eigenvalue weighted by molar-refractivity contribution is -0.130. The molecule has 1 aliphatic rings. The maximum absolute atomic E-state index is 12.1. The first-order valence-corrected chi connectivity index (χ1v) is 8.32. The monoisotopic (exact) mass is 327 g/mol. The molecule has 1 aromatic carbocycles. The molecular formula is C18H21N3O3. The lowest BCUT2D eigenvalue weighted by Gasteiger charge is -2.20. The Morgan fingerprint density at radius 2 is 2.04 bits per heavy atom.